The lowest BCUT2D eigenvalue weighted by Crippen LogP contribution is -2.51. The Morgan fingerprint density at radius 1 is 1.20 bits per heavy atom. The Kier molecular flexibility index (Phi) is 6.01. The second kappa shape index (κ2) is 6.89. The summed E-state index contributed by atoms with van der Waals surface area (Å²) < 4.78 is 6.50. The van der Waals surface area contributed by atoms with E-state index in [0.29, 0.717) is 29.6 Å². The molecule has 114 valence electrons. The van der Waals surface area contributed by atoms with E-state index < -0.39 is 8.32 Å². The molecule has 1 atom stereocenters. The summed E-state index contributed by atoms with van der Waals surface area (Å²) >= 11 is 0. The minimum Gasteiger partial charge on any atom is -0.404 e. The van der Waals surface area contributed by atoms with Crippen molar-refractivity contribution in [1.29, 1.82) is 0 Å². The van der Waals surface area contributed by atoms with Gasteiger partial charge in [-0.15, -0.1) is 0 Å². The van der Waals surface area contributed by atoms with Gasteiger partial charge in [0.2, 0.25) is 14.2 Å². The van der Waals surface area contributed by atoms with Crippen molar-refractivity contribution in [2.75, 3.05) is 6.54 Å². The van der Waals surface area contributed by atoms with Crippen LogP contribution in [0.2, 0.25) is 16.6 Å². The van der Waals surface area contributed by atoms with Gasteiger partial charge in [0.15, 0.2) is 0 Å². The molecule has 1 fully saturated rings. The Labute approximate surface area is 124 Å². The zero-order valence-electron chi connectivity index (χ0n) is 13.7. The summed E-state index contributed by atoms with van der Waals surface area (Å²) in [6.45, 7) is 13.9. The highest BCUT2D eigenvalue weighted by atomic mass is 28.4. The normalized spacial score (nSPS) is 20.4. The number of hydrogen-bond acceptors (Lipinski definition) is 3. The average molecular weight is 297 g/mol. The molecule has 0 bridgehead atoms. The maximum Gasteiger partial charge on any atom is 0.313 e. The standard InChI is InChI=1S/C14H28BNO3Si/c1-10(2)20(11(3)4,12(5)6)19-13-7-8-16(14(13)18)15-9-17/h9-13,15H,7-8H2,1-6H3/t13-/m0/s1. The van der Waals surface area contributed by atoms with Crippen LogP contribution < -0.4 is 0 Å². The summed E-state index contributed by atoms with van der Waals surface area (Å²) in [6.07, 6.45) is 1.17. The van der Waals surface area contributed by atoms with Crippen molar-refractivity contribution in [2.45, 2.75) is 70.7 Å². The molecule has 1 saturated heterocycles. The summed E-state index contributed by atoms with van der Waals surface area (Å²) in [6, 6.07) is 0. The molecule has 1 heterocycles. The second-order valence-electron chi connectivity index (χ2n) is 6.66. The van der Waals surface area contributed by atoms with Gasteiger partial charge >= 0.3 is 7.41 Å². The summed E-state index contributed by atoms with van der Waals surface area (Å²) in [4.78, 5) is 24.5. The van der Waals surface area contributed by atoms with E-state index in [0.717, 1.165) is 6.19 Å². The molecule has 20 heavy (non-hydrogen) atoms. The molecule has 0 unspecified atom stereocenters. The monoisotopic (exact) mass is 297 g/mol. The Hall–Kier alpha value is -0.618. The van der Waals surface area contributed by atoms with Crippen molar-refractivity contribution in [3.05, 3.63) is 0 Å². The average Bonchev–Trinajstić information content (AvgIpc) is 2.67. The second-order valence-corrected chi connectivity index (χ2v) is 12.1. The third kappa shape index (κ3) is 3.17. The van der Waals surface area contributed by atoms with Gasteiger partial charge in [0.05, 0.1) is 0 Å². The largest absolute Gasteiger partial charge is 0.404 e. The van der Waals surface area contributed by atoms with Crippen LogP contribution in [-0.4, -0.2) is 45.3 Å². The fourth-order valence-corrected chi connectivity index (χ4v) is 9.27. The molecular weight excluding hydrogens is 269 g/mol. The Morgan fingerprint density at radius 3 is 2.10 bits per heavy atom. The fourth-order valence-electron chi connectivity index (χ4n) is 3.75. The van der Waals surface area contributed by atoms with Crippen LogP contribution in [0.5, 0.6) is 0 Å². The first-order valence-electron chi connectivity index (χ1n) is 7.67. The predicted molar refractivity (Wildman–Crippen MR) is 86.2 cm³/mol. The van der Waals surface area contributed by atoms with Gasteiger partial charge in [-0.05, 0) is 23.0 Å². The van der Waals surface area contributed by atoms with Crippen LogP contribution in [-0.2, 0) is 14.0 Å². The van der Waals surface area contributed by atoms with Crippen LogP contribution in [0.1, 0.15) is 48.0 Å². The van der Waals surface area contributed by atoms with Crippen LogP contribution >= 0.6 is 0 Å². The third-order valence-electron chi connectivity index (χ3n) is 4.60. The maximum atomic E-state index is 12.3. The molecule has 1 rings (SSSR count). The van der Waals surface area contributed by atoms with Gasteiger partial charge in [-0.2, -0.15) is 0 Å². The summed E-state index contributed by atoms with van der Waals surface area (Å²) in [5.74, 6) is -0.00377. The first-order valence-corrected chi connectivity index (χ1v) is 9.81. The lowest BCUT2D eigenvalue weighted by Gasteiger charge is -2.43. The van der Waals surface area contributed by atoms with Crippen molar-refractivity contribution in [1.82, 2.24) is 4.81 Å². The molecule has 0 aromatic heterocycles. The molecule has 0 aliphatic carbocycles. The smallest absolute Gasteiger partial charge is 0.313 e. The highest BCUT2D eigenvalue weighted by molar-refractivity contribution is 6.77. The van der Waals surface area contributed by atoms with E-state index in [1.807, 2.05) is 0 Å². The van der Waals surface area contributed by atoms with Crippen LogP contribution in [0.4, 0.5) is 0 Å². The first kappa shape index (κ1) is 17.4. The van der Waals surface area contributed by atoms with Gasteiger partial charge in [0.25, 0.3) is 0 Å². The van der Waals surface area contributed by atoms with Gasteiger partial charge in [-0.1, -0.05) is 41.5 Å². The van der Waals surface area contributed by atoms with E-state index in [1.54, 1.807) is 4.81 Å². The lowest BCUT2D eigenvalue weighted by atomic mass is 9.96. The van der Waals surface area contributed by atoms with Crippen molar-refractivity contribution in [2.24, 2.45) is 0 Å². The van der Waals surface area contributed by atoms with E-state index >= 15 is 0 Å². The van der Waals surface area contributed by atoms with Crippen LogP contribution in [0, 0.1) is 0 Å². The Bertz CT molecular complexity index is 339. The summed E-state index contributed by atoms with van der Waals surface area (Å²) in [5.41, 5.74) is 1.40. The van der Waals surface area contributed by atoms with Gasteiger partial charge in [-0.3, -0.25) is 4.79 Å². The van der Waals surface area contributed by atoms with Gasteiger partial charge in [0.1, 0.15) is 12.3 Å². The van der Waals surface area contributed by atoms with Crippen molar-refractivity contribution >= 4 is 27.8 Å². The number of carbonyl (C=O) groups is 2. The molecule has 0 spiro atoms. The van der Waals surface area contributed by atoms with Crippen molar-refractivity contribution < 1.29 is 14.0 Å². The number of nitrogens with zero attached hydrogens (tertiary/aromatic N) is 1. The van der Waals surface area contributed by atoms with E-state index in [4.69, 9.17) is 4.43 Å². The van der Waals surface area contributed by atoms with Gasteiger partial charge in [0, 0.05) is 6.54 Å². The molecule has 6 heteroatoms. The molecular formula is C14H28BNO3Si. The minimum atomic E-state index is -2.02. The highest BCUT2D eigenvalue weighted by Gasteiger charge is 2.49. The fraction of sp³-hybridized carbons (Fsp3) is 0.857. The van der Waals surface area contributed by atoms with Gasteiger partial charge in [-0.25, -0.2) is 0 Å². The zero-order valence-corrected chi connectivity index (χ0v) is 14.7. The van der Waals surface area contributed by atoms with Crippen molar-refractivity contribution in [3.63, 3.8) is 0 Å². The van der Waals surface area contributed by atoms with E-state index in [1.165, 1.54) is 0 Å². The molecule has 1 aliphatic rings. The number of rotatable bonds is 7. The summed E-state index contributed by atoms with van der Waals surface area (Å²) in [5, 5.41) is 0. The summed E-state index contributed by atoms with van der Waals surface area (Å²) in [7, 11) is -1.83. The molecule has 4 nitrogen and oxygen atoms in total. The first-order chi connectivity index (χ1) is 9.27. The maximum absolute atomic E-state index is 12.3. The van der Waals surface area contributed by atoms with E-state index in [-0.39, 0.29) is 19.4 Å². The van der Waals surface area contributed by atoms with E-state index in [2.05, 4.69) is 41.5 Å². The van der Waals surface area contributed by atoms with Crippen LogP contribution in [0.3, 0.4) is 0 Å². The molecule has 0 saturated carbocycles. The molecule has 1 aliphatic heterocycles. The topological polar surface area (TPSA) is 46.6 Å². The van der Waals surface area contributed by atoms with Crippen molar-refractivity contribution in [3.8, 4) is 0 Å². The Morgan fingerprint density at radius 2 is 1.70 bits per heavy atom. The minimum absolute atomic E-state index is 0.00377. The van der Waals surface area contributed by atoms with Crippen LogP contribution in [0.15, 0.2) is 0 Å². The number of hydrogen-bond donors (Lipinski definition) is 0. The number of amides is 1. The van der Waals surface area contributed by atoms with Gasteiger partial charge < -0.3 is 14.0 Å². The molecule has 0 N–H and O–H groups in total. The number of carbonyl (C=O) groups excluding carboxylic acids is 2. The van der Waals surface area contributed by atoms with Crippen LogP contribution in [0.25, 0.3) is 0 Å². The Balaban J connectivity index is 2.92. The quantitative estimate of drug-likeness (QED) is 0.535. The third-order valence-corrected chi connectivity index (χ3v) is 10.7. The molecule has 0 aromatic carbocycles. The zero-order chi connectivity index (χ0) is 15.5. The molecule has 0 radical (unpaired) electrons. The molecule has 1 amide bonds. The SMILES string of the molecule is CC(C)[Si](O[C@H]1CCN(BC=O)C1=O)(C(C)C)C(C)C. The highest BCUT2D eigenvalue weighted by Crippen LogP contribution is 2.43. The molecule has 0 aromatic rings. The van der Waals surface area contributed by atoms with E-state index in [9.17, 15) is 9.59 Å². The lowest BCUT2D eigenvalue weighted by molar-refractivity contribution is -0.130. The predicted octanol–water partition coefficient (Wildman–Crippen LogP) is 2.32.